The van der Waals surface area contributed by atoms with Crippen LogP contribution in [-0.4, -0.2) is 32.7 Å². The van der Waals surface area contributed by atoms with Crippen molar-refractivity contribution in [1.82, 2.24) is 9.97 Å². The van der Waals surface area contributed by atoms with Crippen molar-refractivity contribution in [1.29, 1.82) is 0 Å². The molecule has 23 heavy (non-hydrogen) atoms. The number of halogens is 1. The van der Waals surface area contributed by atoms with Crippen molar-refractivity contribution in [3.63, 3.8) is 0 Å². The number of nitrogens with two attached hydrogens (primary N) is 1. The third-order valence-electron chi connectivity index (χ3n) is 2.69. The number of nitrogen functional groups attached to an aromatic ring is 1. The smallest absolute Gasteiger partial charge is 0.304 e. The van der Waals surface area contributed by atoms with Crippen LogP contribution in [0.4, 0.5) is 15.9 Å². The first-order valence-electron chi connectivity index (χ1n) is 6.49. The Bertz CT molecular complexity index is 724. The largest absolute Gasteiger partial charge is 0.481 e. The summed E-state index contributed by atoms with van der Waals surface area (Å²) in [5, 5.41) is 11.4. The highest BCUT2D eigenvalue weighted by molar-refractivity contribution is 7.99. The fourth-order valence-electron chi connectivity index (χ4n) is 1.58. The average molecular weight is 336 g/mol. The quantitative estimate of drug-likeness (QED) is 0.545. The predicted molar refractivity (Wildman–Crippen MR) is 83.8 cm³/mol. The van der Waals surface area contributed by atoms with Crippen molar-refractivity contribution in [2.45, 2.75) is 11.6 Å². The molecule has 0 unspecified atom stereocenters. The van der Waals surface area contributed by atoms with Crippen molar-refractivity contribution in [2.24, 2.45) is 0 Å². The minimum atomic E-state index is -0.916. The van der Waals surface area contributed by atoms with Crippen LogP contribution in [0.5, 0.6) is 0 Å². The highest BCUT2D eigenvalue weighted by Gasteiger charge is 2.13. The number of hydrogen-bond donors (Lipinski definition) is 3. The first-order valence-corrected chi connectivity index (χ1v) is 7.48. The number of carboxylic acid groups (broad SMARTS) is 1. The number of anilines is 2. The van der Waals surface area contributed by atoms with Gasteiger partial charge >= 0.3 is 5.97 Å². The molecule has 120 valence electrons. The van der Waals surface area contributed by atoms with Crippen molar-refractivity contribution in [3.8, 4) is 0 Å². The zero-order valence-corrected chi connectivity index (χ0v) is 12.6. The summed E-state index contributed by atoms with van der Waals surface area (Å²) >= 11 is 1.13. The van der Waals surface area contributed by atoms with Crippen molar-refractivity contribution < 1.29 is 19.1 Å². The van der Waals surface area contributed by atoms with E-state index in [9.17, 15) is 14.0 Å². The molecule has 0 bridgehead atoms. The van der Waals surface area contributed by atoms with E-state index >= 15 is 0 Å². The molecule has 1 heterocycles. The average Bonchev–Trinajstić information content (AvgIpc) is 2.49. The maximum absolute atomic E-state index is 12.8. The summed E-state index contributed by atoms with van der Waals surface area (Å²) in [6, 6.07) is 5.27. The Hall–Kier alpha value is -2.68. The Kier molecular flexibility index (Phi) is 5.47. The summed E-state index contributed by atoms with van der Waals surface area (Å²) in [5.74, 6) is -1.56. The Morgan fingerprint density at radius 1 is 1.30 bits per heavy atom. The number of carbonyl (C=O) groups excluding carboxylic acids is 1. The Labute approximate surface area is 135 Å². The van der Waals surface area contributed by atoms with E-state index in [4.69, 9.17) is 10.8 Å². The molecule has 4 N–H and O–H groups in total. The third kappa shape index (κ3) is 4.92. The lowest BCUT2D eigenvalue weighted by atomic mass is 10.2. The van der Waals surface area contributed by atoms with E-state index in [0.717, 1.165) is 11.8 Å². The van der Waals surface area contributed by atoms with Crippen LogP contribution in [0.15, 0.2) is 35.6 Å². The van der Waals surface area contributed by atoms with Gasteiger partial charge < -0.3 is 16.2 Å². The third-order valence-corrected chi connectivity index (χ3v) is 3.55. The number of rotatable bonds is 6. The number of nitrogens with one attached hydrogen (secondary N) is 1. The molecular formula is C14H13FN4O3S. The number of amides is 1. The van der Waals surface area contributed by atoms with Gasteiger partial charge in [-0.3, -0.25) is 9.59 Å². The first kappa shape index (κ1) is 16.7. The van der Waals surface area contributed by atoms with Gasteiger partial charge in [-0.25, -0.2) is 14.4 Å². The molecule has 7 nitrogen and oxygen atoms in total. The molecule has 2 aromatic rings. The number of carboxylic acids is 1. The molecule has 1 aromatic heterocycles. The van der Waals surface area contributed by atoms with E-state index in [1.165, 1.54) is 30.5 Å². The summed E-state index contributed by atoms with van der Waals surface area (Å²) in [5.41, 5.74) is 6.22. The molecule has 0 saturated heterocycles. The Balaban J connectivity index is 2.03. The normalized spacial score (nSPS) is 10.3. The van der Waals surface area contributed by atoms with Crippen LogP contribution in [0.2, 0.25) is 0 Å². The molecule has 0 spiro atoms. The van der Waals surface area contributed by atoms with Gasteiger partial charge in [-0.15, -0.1) is 0 Å². The van der Waals surface area contributed by atoms with Gasteiger partial charge in [0.25, 0.3) is 5.91 Å². The number of carbonyl (C=O) groups is 2. The van der Waals surface area contributed by atoms with Crippen LogP contribution in [0.1, 0.15) is 16.8 Å². The van der Waals surface area contributed by atoms with Crippen LogP contribution in [0.3, 0.4) is 0 Å². The van der Waals surface area contributed by atoms with Gasteiger partial charge in [0.2, 0.25) is 0 Å². The minimum absolute atomic E-state index is 0.0163. The molecule has 0 aliphatic rings. The van der Waals surface area contributed by atoms with Crippen LogP contribution < -0.4 is 11.1 Å². The van der Waals surface area contributed by atoms with Crippen LogP contribution in [-0.2, 0) is 4.79 Å². The number of hydrogen-bond acceptors (Lipinski definition) is 6. The van der Waals surface area contributed by atoms with Gasteiger partial charge in [0.15, 0.2) is 5.16 Å². The van der Waals surface area contributed by atoms with E-state index in [-0.39, 0.29) is 17.8 Å². The molecule has 0 aliphatic heterocycles. The number of aliphatic carboxylic acids is 1. The maximum atomic E-state index is 12.8. The molecule has 1 amide bonds. The molecule has 0 fully saturated rings. The van der Waals surface area contributed by atoms with Crippen LogP contribution in [0, 0.1) is 5.82 Å². The zero-order valence-electron chi connectivity index (χ0n) is 11.8. The standard InChI is InChI=1S/C14H13FN4O3S/c15-8-1-3-9(4-2-8)18-13(22)10-7-17-14(19-12(10)16)23-6-5-11(20)21/h1-4,7H,5-6H2,(H,18,22)(H,20,21)(H2,16,17,19). The number of benzene rings is 1. The molecular weight excluding hydrogens is 323 g/mol. The highest BCUT2D eigenvalue weighted by atomic mass is 32.2. The van der Waals surface area contributed by atoms with Crippen molar-refractivity contribution in [3.05, 3.63) is 41.8 Å². The highest BCUT2D eigenvalue weighted by Crippen LogP contribution is 2.18. The molecule has 0 aliphatic carbocycles. The van der Waals surface area contributed by atoms with Gasteiger partial charge in [-0.2, -0.15) is 0 Å². The van der Waals surface area contributed by atoms with E-state index < -0.39 is 17.7 Å². The topological polar surface area (TPSA) is 118 Å². The molecule has 0 atom stereocenters. The summed E-state index contributed by atoms with van der Waals surface area (Å²) < 4.78 is 12.8. The van der Waals surface area contributed by atoms with E-state index in [1.807, 2.05) is 0 Å². The molecule has 2 rings (SSSR count). The molecule has 0 radical (unpaired) electrons. The summed E-state index contributed by atoms with van der Waals surface area (Å²) in [7, 11) is 0. The van der Waals surface area contributed by atoms with Crippen molar-refractivity contribution in [2.75, 3.05) is 16.8 Å². The molecule has 0 saturated carbocycles. The second-order valence-corrected chi connectivity index (χ2v) is 5.47. The molecule has 1 aromatic carbocycles. The summed E-state index contributed by atoms with van der Waals surface area (Å²) in [4.78, 5) is 30.5. The second-order valence-electron chi connectivity index (χ2n) is 4.40. The van der Waals surface area contributed by atoms with Gasteiger partial charge in [-0.1, -0.05) is 11.8 Å². The zero-order chi connectivity index (χ0) is 16.8. The lowest BCUT2D eigenvalue weighted by molar-refractivity contribution is -0.136. The number of thioether (sulfide) groups is 1. The first-order chi connectivity index (χ1) is 11.0. The number of aromatic nitrogens is 2. The summed E-state index contributed by atoms with van der Waals surface area (Å²) in [6.07, 6.45) is 1.24. The predicted octanol–water partition coefficient (Wildman–Crippen LogP) is 2.02. The van der Waals surface area contributed by atoms with Crippen LogP contribution >= 0.6 is 11.8 Å². The summed E-state index contributed by atoms with van der Waals surface area (Å²) in [6.45, 7) is 0. The van der Waals surface area contributed by atoms with Crippen LogP contribution in [0.25, 0.3) is 0 Å². The van der Waals surface area contributed by atoms with E-state index in [1.54, 1.807) is 0 Å². The van der Waals surface area contributed by atoms with Gasteiger partial charge in [0, 0.05) is 17.6 Å². The van der Waals surface area contributed by atoms with Gasteiger partial charge in [0.1, 0.15) is 17.2 Å². The Morgan fingerprint density at radius 3 is 2.61 bits per heavy atom. The molecule has 9 heteroatoms. The Morgan fingerprint density at radius 2 is 2.00 bits per heavy atom. The monoisotopic (exact) mass is 336 g/mol. The number of nitrogens with zero attached hydrogens (tertiary/aromatic N) is 2. The van der Waals surface area contributed by atoms with Crippen molar-refractivity contribution >= 4 is 35.1 Å². The van der Waals surface area contributed by atoms with Gasteiger partial charge in [0.05, 0.1) is 6.42 Å². The maximum Gasteiger partial charge on any atom is 0.304 e. The SMILES string of the molecule is Nc1nc(SCCC(=O)O)ncc1C(=O)Nc1ccc(F)cc1. The van der Waals surface area contributed by atoms with Gasteiger partial charge in [-0.05, 0) is 24.3 Å². The fourth-order valence-corrected chi connectivity index (χ4v) is 2.33. The second kappa shape index (κ2) is 7.54. The lowest BCUT2D eigenvalue weighted by Crippen LogP contribution is -2.15. The fraction of sp³-hybridized carbons (Fsp3) is 0.143. The lowest BCUT2D eigenvalue weighted by Gasteiger charge is -2.07. The van der Waals surface area contributed by atoms with E-state index in [0.29, 0.717) is 16.6 Å². The van der Waals surface area contributed by atoms with E-state index in [2.05, 4.69) is 15.3 Å². The minimum Gasteiger partial charge on any atom is -0.481 e.